The lowest BCUT2D eigenvalue weighted by Gasteiger charge is -2.14. The van der Waals surface area contributed by atoms with Crippen molar-refractivity contribution in [2.24, 2.45) is 0 Å². The van der Waals surface area contributed by atoms with Gasteiger partial charge in [0.2, 0.25) is 0 Å². The number of amides is 1. The van der Waals surface area contributed by atoms with Crippen molar-refractivity contribution in [1.29, 1.82) is 0 Å². The van der Waals surface area contributed by atoms with Crippen LogP contribution in [0.5, 0.6) is 0 Å². The first-order valence-corrected chi connectivity index (χ1v) is 4.64. The molecule has 17 heavy (non-hydrogen) atoms. The molecule has 1 heterocycles. The van der Waals surface area contributed by atoms with Gasteiger partial charge in [-0.15, -0.1) is 0 Å². The van der Waals surface area contributed by atoms with Gasteiger partial charge in [-0.2, -0.15) is 13.2 Å². The third-order valence-corrected chi connectivity index (χ3v) is 1.68. The third-order valence-electron chi connectivity index (χ3n) is 1.68. The van der Waals surface area contributed by atoms with Crippen LogP contribution in [-0.4, -0.2) is 34.8 Å². The highest BCUT2D eigenvalue weighted by Crippen LogP contribution is 2.15. The molecule has 1 aromatic heterocycles. The predicted molar refractivity (Wildman–Crippen MR) is 52.1 cm³/mol. The Balaban J connectivity index is 2.43. The second-order valence-electron chi connectivity index (χ2n) is 3.15. The van der Waals surface area contributed by atoms with E-state index < -0.39 is 24.8 Å². The van der Waals surface area contributed by atoms with Crippen molar-refractivity contribution >= 4 is 11.7 Å². The molecule has 8 heteroatoms. The first-order chi connectivity index (χ1) is 7.88. The van der Waals surface area contributed by atoms with E-state index in [2.05, 4.69) is 20.0 Å². The lowest BCUT2D eigenvalue weighted by Crippen LogP contribution is -2.31. The summed E-state index contributed by atoms with van der Waals surface area (Å²) in [6.45, 7) is -0.250. The standard InChI is InChI=1S/C9H10F3N3O2/c1-6(17-5-9(10,11)12)8(16)15-7-4-13-2-3-14-7/h2-4,6H,5H2,1H3,(H,14,15,16)/t6-/m0/s1. The van der Waals surface area contributed by atoms with Crippen LogP contribution in [-0.2, 0) is 9.53 Å². The van der Waals surface area contributed by atoms with Crippen LogP contribution in [0.25, 0.3) is 0 Å². The second-order valence-corrected chi connectivity index (χ2v) is 3.15. The van der Waals surface area contributed by atoms with Crippen LogP contribution in [0.4, 0.5) is 19.0 Å². The number of carbonyl (C=O) groups is 1. The molecule has 1 atom stereocenters. The van der Waals surface area contributed by atoms with Gasteiger partial charge in [-0.05, 0) is 6.92 Å². The van der Waals surface area contributed by atoms with E-state index in [0.29, 0.717) is 0 Å². The molecule has 0 saturated carbocycles. The second kappa shape index (κ2) is 5.58. The summed E-state index contributed by atoms with van der Waals surface area (Å²) in [5, 5.41) is 2.27. The Kier molecular flexibility index (Phi) is 4.38. The minimum atomic E-state index is -4.46. The molecule has 0 radical (unpaired) electrons. The van der Waals surface area contributed by atoms with E-state index in [-0.39, 0.29) is 5.82 Å². The zero-order chi connectivity index (χ0) is 12.9. The maximum absolute atomic E-state index is 11.8. The Morgan fingerprint density at radius 3 is 2.76 bits per heavy atom. The summed E-state index contributed by atoms with van der Waals surface area (Å²) < 4.78 is 39.8. The summed E-state index contributed by atoms with van der Waals surface area (Å²) >= 11 is 0. The first kappa shape index (κ1) is 13.4. The molecule has 0 spiro atoms. The molecule has 0 saturated heterocycles. The monoisotopic (exact) mass is 249 g/mol. The number of anilines is 1. The fourth-order valence-electron chi connectivity index (χ4n) is 0.887. The highest BCUT2D eigenvalue weighted by Gasteiger charge is 2.29. The van der Waals surface area contributed by atoms with Gasteiger partial charge in [0.15, 0.2) is 5.82 Å². The molecule has 5 nitrogen and oxygen atoms in total. The molecule has 1 amide bonds. The van der Waals surface area contributed by atoms with Gasteiger partial charge in [0.1, 0.15) is 12.7 Å². The molecule has 0 aliphatic rings. The van der Waals surface area contributed by atoms with Gasteiger partial charge in [0, 0.05) is 12.4 Å². The van der Waals surface area contributed by atoms with Crippen molar-refractivity contribution in [3.8, 4) is 0 Å². The smallest absolute Gasteiger partial charge is 0.359 e. The Bertz CT molecular complexity index is 369. The maximum Gasteiger partial charge on any atom is 0.411 e. The van der Waals surface area contributed by atoms with Crippen LogP contribution < -0.4 is 5.32 Å². The quantitative estimate of drug-likeness (QED) is 0.875. The van der Waals surface area contributed by atoms with E-state index in [1.807, 2.05) is 0 Å². The molecule has 0 aliphatic carbocycles. The van der Waals surface area contributed by atoms with E-state index in [1.54, 1.807) is 0 Å². The van der Waals surface area contributed by atoms with Gasteiger partial charge >= 0.3 is 6.18 Å². The fraction of sp³-hybridized carbons (Fsp3) is 0.444. The highest BCUT2D eigenvalue weighted by atomic mass is 19.4. The largest absolute Gasteiger partial charge is 0.411 e. The number of nitrogens with zero attached hydrogens (tertiary/aromatic N) is 2. The molecule has 1 rings (SSSR count). The molecule has 0 bridgehead atoms. The predicted octanol–water partition coefficient (Wildman–Crippen LogP) is 1.38. The molecule has 94 valence electrons. The van der Waals surface area contributed by atoms with Gasteiger partial charge in [-0.3, -0.25) is 9.78 Å². The van der Waals surface area contributed by atoms with E-state index in [4.69, 9.17) is 0 Å². The Labute approximate surface area is 95.0 Å². The van der Waals surface area contributed by atoms with Gasteiger partial charge in [-0.1, -0.05) is 0 Å². The van der Waals surface area contributed by atoms with Crippen molar-refractivity contribution in [1.82, 2.24) is 9.97 Å². The number of rotatable bonds is 4. The number of nitrogens with one attached hydrogen (secondary N) is 1. The number of aromatic nitrogens is 2. The molecular formula is C9H10F3N3O2. The zero-order valence-electron chi connectivity index (χ0n) is 8.86. The molecular weight excluding hydrogens is 239 g/mol. The topological polar surface area (TPSA) is 64.1 Å². The molecule has 0 fully saturated rings. The zero-order valence-corrected chi connectivity index (χ0v) is 8.86. The van der Waals surface area contributed by atoms with Gasteiger partial charge in [-0.25, -0.2) is 4.98 Å². The van der Waals surface area contributed by atoms with Crippen molar-refractivity contribution < 1.29 is 22.7 Å². The molecule has 0 aliphatic heterocycles. The summed E-state index contributed by atoms with van der Waals surface area (Å²) in [6.07, 6.45) is -1.66. The summed E-state index contributed by atoms with van der Waals surface area (Å²) in [5.74, 6) is -0.560. The molecule has 1 N–H and O–H groups in total. The van der Waals surface area contributed by atoms with Crippen LogP contribution in [0, 0.1) is 0 Å². The van der Waals surface area contributed by atoms with Crippen LogP contribution in [0.1, 0.15) is 6.92 Å². The van der Waals surface area contributed by atoms with E-state index in [9.17, 15) is 18.0 Å². The number of alkyl halides is 3. The molecule has 1 aromatic rings. The first-order valence-electron chi connectivity index (χ1n) is 4.64. The highest BCUT2D eigenvalue weighted by molar-refractivity contribution is 5.92. The fourth-order valence-corrected chi connectivity index (χ4v) is 0.887. The third kappa shape index (κ3) is 5.25. The number of halogens is 3. The SMILES string of the molecule is C[C@H](OCC(F)(F)F)C(=O)Nc1cnccn1. The van der Waals surface area contributed by atoms with Crippen molar-refractivity contribution in [3.63, 3.8) is 0 Å². The van der Waals surface area contributed by atoms with E-state index in [1.165, 1.54) is 25.5 Å². The van der Waals surface area contributed by atoms with Crippen molar-refractivity contribution in [2.45, 2.75) is 19.2 Å². The minimum Gasteiger partial charge on any atom is -0.359 e. The number of carbonyl (C=O) groups excluding carboxylic acids is 1. The summed E-state index contributed by atoms with van der Waals surface area (Å²) in [5.41, 5.74) is 0. The van der Waals surface area contributed by atoms with Gasteiger partial charge < -0.3 is 10.1 Å². The summed E-state index contributed by atoms with van der Waals surface area (Å²) in [7, 11) is 0. The van der Waals surface area contributed by atoms with Gasteiger partial charge in [0.05, 0.1) is 6.20 Å². The van der Waals surface area contributed by atoms with Crippen LogP contribution in [0.2, 0.25) is 0 Å². The minimum absolute atomic E-state index is 0.153. The van der Waals surface area contributed by atoms with Crippen LogP contribution in [0.3, 0.4) is 0 Å². The normalized spacial score (nSPS) is 13.2. The van der Waals surface area contributed by atoms with Crippen LogP contribution >= 0.6 is 0 Å². The summed E-state index contributed by atoms with van der Waals surface area (Å²) in [6, 6.07) is 0. The lowest BCUT2D eigenvalue weighted by molar-refractivity contribution is -0.184. The average Bonchev–Trinajstić information content (AvgIpc) is 2.26. The van der Waals surface area contributed by atoms with Gasteiger partial charge in [0.25, 0.3) is 5.91 Å². The van der Waals surface area contributed by atoms with E-state index in [0.717, 1.165) is 0 Å². The molecule has 0 unspecified atom stereocenters. The van der Waals surface area contributed by atoms with Crippen molar-refractivity contribution in [3.05, 3.63) is 18.6 Å². The van der Waals surface area contributed by atoms with E-state index >= 15 is 0 Å². The Morgan fingerprint density at radius 2 is 2.24 bits per heavy atom. The number of hydrogen-bond acceptors (Lipinski definition) is 4. The summed E-state index contributed by atoms with van der Waals surface area (Å²) in [4.78, 5) is 18.8. The maximum atomic E-state index is 11.8. The average molecular weight is 249 g/mol. The number of ether oxygens (including phenoxy) is 1. The molecule has 0 aromatic carbocycles. The van der Waals surface area contributed by atoms with Crippen LogP contribution in [0.15, 0.2) is 18.6 Å². The Hall–Kier alpha value is -1.70. The Morgan fingerprint density at radius 1 is 1.53 bits per heavy atom. The number of hydrogen-bond donors (Lipinski definition) is 1. The lowest BCUT2D eigenvalue weighted by atomic mass is 10.4. The van der Waals surface area contributed by atoms with Crippen molar-refractivity contribution in [2.75, 3.05) is 11.9 Å².